The second-order valence-corrected chi connectivity index (χ2v) is 8.43. The quantitative estimate of drug-likeness (QED) is 0.248. The third-order valence-electron chi connectivity index (χ3n) is 6.11. The second kappa shape index (κ2) is 9.12. The van der Waals surface area contributed by atoms with Gasteiger partial charge in [0.25, 0.3) is 0 Å². The van der Waals surface area contributed by atoms with E-state index in [9.17, 15) is 8.78 Å². The molecule has 0 saturated carbocycles. The molecule has 0 aliphatic rings. The number of para-hydroxylation sites is 3. The van der Waals surface area contributed by atoms with E-state index >= 15 is 0 Å². The zero-order valence-corrected chi connectivity index (χ0v) is 19.2. The van der Waals surface area contributed by atoms with Gasteiger partial charge in [-0.3, -0.25) is 4.57 Å². The highest BCUT2D eigenvalue weighted by molar-refractivity contribution is 5.85. The molecule has 0 spiro atoms. The Bertz CT molecular complexity index is 1600. The maximum atomic E-state index is 13.7. The lowest BCUT2D eigenvalue weighted by atomic mass is 10.1. The van der Waals surface area contributed by atoms with E-state index in [0.717, 1.165) is 45.2 Å². The van der Waals surface area contributed by atoms with E-state index in [2.05, 4.69) is 22.8 Å². The number of benzene rings is 5. The van der Waals surface area contributed by atoms with Crippen molar-refractivity contribution in [1.29, 1.82) is 0 Å². The van der Waals surface area contributed by atoms with Crippen molar-refractivity contribution in [3.63, 3.8) is 0 Å². The van der Waals surface area contributed by atoms with Crippen molar-refractivity contribution < 1.29 is 10.2 Å². The van der Waals surface area contributed by atoms with Crippen LogP contribution in [0.25, 0.3) is 28.1 Å². The Morgan fingerprint density at radius 2 is 1.19 bits per heavy atom. The van der Waals surface area contributed by atoms with E-state index < -0.39 is 0 Å². The highest BCUT2D eigenvalue weighted by Crippen LogP contribution is 2.37. The molecule has 0 N–H and O–H groups in total. The van der Waals surface area contributed by atoms with Gasteiger partial charge < -0.3 is 4.90 Å². The number of halogens is 2. The average molecular weight is 478 g/mol. The fourth-order valence-electron chi connectivity index (χ4n) is 4.47. The first-order valence-electron chi connectivity index (χ1n) is 11.6. The molecule has 6 aromatic rings. The van der Waals surface area contributed by atoms with Crippen LogP contribution >= 0.6 is 0 Å². The molecular formula is C31H23F2N3. The number of hydrogen-bond acceptors (Lipinski definition) is 2. The first-order chi connectivity index (χ1) is 17.7. The molecule has 5 heteroatoms. The van der Waals surface area contributed by atoms with Gasteiger partial charge in [0.05, 0.1) is 11.0 Å². The molecule has 0 atom stereocenters. The molecule has 0 bridgehead atoms. The maximum Gasteiger partial charge on any atom is 0.145 e. The Labute approximate surface area is 209 Å². The summed E-state index contributed by atoms with van der Waals surface area (Å²) in [6, 6.07) is 38.7. The zero-order valence-electron chi connectivity index (χ0n) is 19.2. The maximum absolute atomic E-state index is 13.7. The SMILES string of the molecule is Fc1ccc(N(c2ccc(F)cc2)c2cccc(-c3nc4ccccc4n3-c3ccccc3)c2)cc1.[3HH]. The van der Waals surface area contributed by atoms with Gasteiger partial charge in [-0.25, -0.2) is 13.8 Å². The van der Waals surface area contributed by atoms with Crippen LogP contribution in [0.4, 0.5) is 25.8 Å². The van der Waals surface area contributed by atoms with Crippen molar-refractivity contribution in [2.75, 3.05) is 4.90 Å². The number of rotatable bonds is 5. The monoisotopic (exact) mass is 477 g/mol. The lowest BCUT2D eigenvalue weighted by molar-refractivity contribution is 0.628. The number of imidazole rings is 1. The predicted octanol–water partition coefficient (Wildman–Crippen LogP) is 8.69. The average Bonchev–Trinajstić information content (AvgIpc) is 3.31. The van der Waals surface area contributed by atoms with Gasteiger partial charge in [-0.1, -0.05) is 42.5 Å². The van der Waals surface area contributed by atoms with Crippen molar-refractivity contribution in [1.82, 2.24) is 9.55 Å². The van der Waals surface area contributed by atoms with E-state index in [0.29, 0.717) is 0 Å². The molecule has 0 radical (unpaired) electrons. The molecule has 6 rings (SSSR count). The third-order valence-corrected chi connectivity index (χ3v) is 6.11. The van der Waals surface area contributed by atoms with E-state index in [1.54, 1.807) is 24.3 Å². The van der Waals surface area contributed by atoms with Crippen LogP contribution in [0.5, 0.6) is 0 Å². The lowest BCUT2D eigenvalue weighted by Crippen LogP contribution is -2.10. The lowest BCUT2D eigenvalue weighted by Gasteiger charge is -2.26. The Hall–Kier alpha value is -4.77. The number of fused-ring (bicyclic) bond motifs is 1. The summed E-state index contributed by atoms with van der Waals surface area (Å²) in [5.74, 6) is 0.175. The Morgan fingerprint density at radius 3 is 1.86 bits per heavy atom. The van der Waals surface area contributed by atoms with Gasteiger partial charge in [-0.2, -0.15) is 0 Å². The van der Waals surface area contributed by atoms with Gasteiger partial charge in [0.1, 0.15) is 17.5 Å². The van der Waals surface area contributed by atoms with Crippen LogP contribution in [0.15, 0.2) is 127 Å². The fraction of sp³-hybridized carbons (Fsp3) is 0. The van der Waals surface area contributed by atoms with Crippen LogP contribution < -0.4 is 4.90 Å². The molecule has 0 saturated heterocycles. The topological polar surface area (TPSA) is 21.1 Å². The third kappa shape index (κ3) is 4.01. The van der Waals surface area contributed by atoms with Crippen molar-refractivity contribution in [3.8, 4) is 17.1 Å². The second-order valence-electron chi connectivity index (χ2n) is 8.43. The summed E-state index contributed by atoms with van der Waals surface area (Å²) in [4.78, 5) is 6.94. The smallest absolute Gasteiger partial charge is 0.145 e. The minimum atomic E-state index is -0.317. The highest BCUT2D eigenvalue weighted by atomic mass is 19.1. The summed E-state index contributed by atoms with van der Waals surface area (Å²) in [5, 5.41) is 0. The first-order valence-corrected chi connectivity index (χ1v) is 11.6. The Kier molecular flexibility index (Phi) is 5.51. The summed E-state index contributed by atoms with van der Waals surface area (Å²) >= 11 is 0. The van der Waals surface area contributed by atoms with Crippen LogP contribution in [0.3, 0.4) is 0 Å². The van der Waals surface area contributed by atoms with Crippen LogP contribution in [0.2, 0.25) is 0 Å². The number of nitrogens with zero attached hydrogens (tertiary/aromatic N) is 3. The van der Waals surface area contributed by atoms with Crippen molar-refractivity contribution in [2.24, 2.45) is 0 Å². The predicted molar refractivity (Wildman–Crippen MR) is 143 cm³/mol. The van der Waals surface area contributed by atoms with Crippen molar-refractivity contribution in [2.45, 2.75) is 0 Å². The van der Waals surface area contributed by atoms with Crippen molar-refractivity contribution in [3.05, 3.63) is 139 Å². The van der Waals surface area contributed by atoms with Gasteiger partial charge in [-0.05, 0) is 84.9 Å². The number of hydrogen-bond donors (Lipinski definition) is 0. The molecule has 0 unspecified atom stereocenters. The highest BCUT2D eigenvalue weighted by Gasteiger charge is 2.17. The largest absolute Gasteiger partial charge is 0.310 e. The number of aromatic nitrogens is 2. The number of anilines is 3. The molecule has 1 heterocycles. The minimum absolute atomic E-state index is 0. The van der Waals surface area contributed by atoms with Crippen LogP contribution in [-0.2, 0) is 0 Å². The molecule has 5 aromatic carbocycles. The van der Waals surface area contributed by atoms with E-state index in [1.165, 1.54) is 24.3 Å². The summed E-state index contributed by atoms with van der Waals surface area (Å²) in [6.07, 6.45) is 0. The Morgan fingerprint density at radius 1 is 0.583 bits per heavy atom. The van der Waals surface area contributed by atoms with Gasteiger partial charge in [-0.15, -0.1) is 0 Å². The first kappa shape index (κ1) is 21.7. The molecule has 1 aromatic heterocycles. The molecule has 0 amide bonds. The summed E-state index contributed by atoms with van der Waals surface area (Å²) in [6.45, 7) is 0. The van der Waals surface area contributed by atoms with Gasteiger partial charge in [0.15, 0.2) is 0 Å². The summed E-state index contributed by atoms with van der Waals surface area (Å²) in [5.41, 5.74) is 6.21. The molecule has 0 aliphatic heterocycles. The van der Waals surface area contributed by atoms with Crippen LogP contribution in [0.1, 0.15) is 1.43 Å². The molecule has 176 valence electrons. The van der Waals surface area contributed by atoms with Gasteiger partial charge >= 0.3 is 0 Å². The molecule has 0 fully saturated rings. The van der Waals surface area contributed by atoms with Gasteiger partial charge in [0.2, 0.25) is 0 Å². The standard InChI is InChI=1S/C31H21F2N3.H2/c32-23-13-17-26(18-14-23)35(27-19-15-24(33)16-20-27)28-10-6-7-22(21-28)31-34-29-11-4-5-12-30(29)36(31)25-8-2-1-3-9-25;/h1-21H;1H/i;1+2. The summed E-state index contributed by atoms with van der Waals surface area (Å²) in [7, 11) is 0. The van der Waals surface area contributed by atoms with Crippen LogP contribution in [-0.4, -0.2) is 9.55 Å². The fourth-order valence-corrected chi connectivity index (χ4v) is 4.47. The Balaban J connectivity index is 0.00000280. The van der Waals surface area contributed by atoms with E-state index in [4.69, 9.17) is 4.98 Å². The molecule has 3 nitrogen and oxygen atoms in total. The molecule has 0 aliphatic carbocycles. The normalized spacial score (nSPS) is 11.1. The van der Waals surface area contributed by atoms with Crippen molar-refractivity contribution >= 4 is 28.1 Å². The van der Waals surface area contributed by atoms with E-state index in [-0.39, 0.29) is 13.1 Å². The molecule has 36 heavy (non-hydrogen) atoms. The van der Waals surface area contributed by atoms with Crippen LogP contribution in [0, 0.1) is 11.6 Å². The van der Waals surface area contributed by atoms with Gasteiger partial charge in [0, 0.05) is 29.7 Å². The molecular weight excluding hydrogens is 452 g/mol. The van der Waals surface area contributed by atoms with E-state index in [1.807, 2.05) is 65.6 Å². The zero-order chi connectivity index (χ0) is 24.5. The summed E-state index contributed by atoms with van der Waals surface area (Å²) < 4.78 is 29.6. The minimum Gasteiger partial charge on any atom is -0.310 e.